The number of likely N-dealkylation sites (tertiary alicyclic amines) is 1. The molecule has 1 fully saturated rings. The van der Waals surface area contributed by atoms with E-state index in [2.05, 4.69) is 0 Å². The molecular formula is C13H14F5NO. The minimum atomic E-state index is -4.64. The molecule has 0 saturated carbocycles. The first-order valence-electron chi connectivity index (χ1n) is 6.17. The topological polar surface area (TPSA) is 23.5 Å². The van der Waals surface area contributed by atoms with Crippen LogP contribution in [0.5, 0.6) is 0 Å². The van der Waals surface area contributed by atoms with Crippen molar-refractivity contribution in [3.63, 3.8) is 0 Å². The van der Waals surface area contributed by atoms with E-state index in [4.69, 9.17) is 0 Å². The normalized spacial score (nSPS) is 20.1. The maximum Gasteiger partial charge on any atom is 0.417 e. The van der Waals surface area contributed by atoms with Crippen molar-refractivity contribution in [2.45, 2.75) is 31.2 Å². The Balaban J connectivity index is 1.96. The number of alkyl halides is 3. The SMILES string of the molecule is OC1(C(F)(F)F)CCN(Cc2ccc(F)c(F)c2)CC1. The molecule has 0 aromatic heterocycles. The highest BCUT2D eigenvalue weighted by Gasteiger charge is 2.54. The Hall–Kier alpha value is -1.21. The van der Waals surface area contributed by atoms with Gasteiger partial charge < -0.3 is 5.11 Å². The van der Waals surface area contributed by atoms with Crippen LogP contribution in [0.15, 0.2) is 18.2 Å². The molecule has 0 atom stereocenters. The van der Waals surface area contributed by atoms with E-state index in [1.54, 1.807) is 4.90 Å². The zero-order valence-electron chi connectivity index (χ0n) is 10.6. The van der Waals surface area contributed by atoms with Crippen LogP contribution in [0.3, 0.4) is 0 Å². The highest BCUT2D eigenvalue weighted by molar-refractivity contribution is 5.17. The molecular weight excluding hydrogens is 281 g/mol. The lowest BCUT2D eigenvalue weighted by Crippen LogP contribution is -2.53. The summed E-state index contributed by atoms with van der Waals surface area (Å²) in [6.07, 6.45) is -5.47. The van der Waals surface area contributed by atoms with Crippen LogP contribution in [0.4, 0.5) is 22.0 Å². The fraction of sp³-hybridized carbons (Fsp3) is 0.538. The summed E-state index contributed by atoms with van der Waals surface area (Å²) in [5.41, 5.74) is -2.15. The van der Waals surface area contributed by atoms with Crippen molar-refractivity contribution in [1.29, 1.82) is 0 Å². The molecule has 1 saturated heterocycles. The lowest BCUT2D eigenvalue weighted by molar-refractivity contribution is -0.272. The van der Waals surface area contributed by atoms with Crippen molar-refractivity contribution >= 4 is 0 Å². The molecule has 0 amide bonds. The van der Waals surface area contributed by atoms with Crippen molar-refractivity contribution in [2.75, 3.05) is 13.1 Å². The summed E-state index contributed by atoms with van der Waals surface area (Å²) < 4.78 is 63.6. The first-order chi connectivity index (χ1) is 9.21. The first kappa shape index (κ1) is 15.2. The molecule has 1 N–H and O–H groups in total. The molecule has 2 nitrogen and oxygen atoms in total. The Bertz CT molecular complexity index is 480. The van der Waals surface area contributed by atoms with E-state index in [1.165, 1.54) is 6.07 Å². The number of benzene rings is 1. The van der Waals surface area contributed by atoms with Gasteiger partial charge in [-0.3, -0.25) is 4.90 Å². The second-order valence-corrected chi connectivity index (χ2v) is 5.05. The molecule has 1 aliphatic heterocycles. The number of aliphatic hydroxyl groups is 1. The van der Waals surface area contributed by atoms with E-state index < -0.39 is 36.3 Å². The molecule has 112 valence electrons. The summed E-state index contributed by atoms with van der Waals surface area (Å²) in [5, 5.41) is 9.51. The predicted octanol–water partition coefficient (Wildman–Crippen LogP) is 2.85. The molecule has 0 bridgehead atoms. The van der Waals surface area contributed by atoms with Crippen LogP contribution >= 0.6 is 0 Å². The number of nitrogens with zero attached hydrogens (tertiary/aromatic N) is 1. The fourth-order valence-corrected chi connectivity index (χ4v) is 2.26. The van der Waals surface area contributed by atoms with Crippen LogP contribution in [0, 0.1) is 11.6 Å². The maximum atomic E-state index is 13.0. The highest BCUT2D eigenvalue weighted by Crippen LogP contribution is 2.38. The molecule has 0 spiro atoms. The maximum absolute atomic E-state index is 13.0. The van der Waals surface area contributed by atoms with Gasteiger partial charge in [0.05, 0.1) is 0 Å². The summed E-state index contributed by atoms with van der Waals surface area (Å²) in [6.45, 7) is 0.329. The Kier molecular flexibility index (Phi) is 4.02. The van der Waals surface area contributed by atoms with Crippen molar-refractivity contribution in [2.24, 2.45) is 0 Å². The van der Waals surface area contributed by atoms with Gasteiger partial charge in [0.15, 0.2) is 17.2 Å². The predicted molar refractivity (Wildman–Crippen MR) is 61.9 cm³/mol. The van der Waals surface area contributed by atoms with E-state index in [-0.39, 0.29) is 19.6 Å². The van der Waals surface area contributed by atoms with E-state index in [1.807, 2.05) is 0 Å². The number of rotatable bonds is 2. The lowest BCUT2D eigenvalue weighted by atomic mass is 9.90. The zero-order chi connectivity index (χ0) is 15.0. The average molecular weight is 295 g/mol. The van der Waals surface area contributed by atoms with Crippen molar-refractivity contribution in [1.82, 2.24) is 4.90 Å². The molecule has 2 rings (SSSR count). The van der Waals surface area contributed by atoms with Crippen LogP contribution < -0.4 is 0 Å². The lowest BCUT2D eigenvalue weighted by Gasteiger charge is -2.39. The summed E-state index contributed by atoms with van der Waals surface area (Å²) in [4.78, 5) is 1.67. The molecule has 1 aromatic carbocycles. The summed E-state index contributed by atoms with van der Waals surface area (Å²) in [6, 6.07) is 3.41. The second kappa shape index (κ2) is 5.29. The third-order valence-corrected chi connectivity index (χ3v) is 3.60. The van der Waals surface area contributed by atoms with Gasteiger partial charge in [-0.1, -0.05) is 6.07 Å². The van der Waals surface area contributed by atoms with Gasteiger partial charge in [0.2, 0.25) is 0 Å². The van der Waals surface area contributed by atoms with Crippen molar-refractivity contribution < 1.29 is 27.1 Å². The van der Waals surface area contributed by atoms with E-state index in [0.29, 0.717) is 5.56 Å². The van der Waals surface area contributed by atoms with Gasteiger partial charge in [-0.25, -0.2) is 8.78 Å². The third-order valence-electron chi connectivity index (χ3n) is 3.60. The third kappa shape index (κ3) is 3.09. The number of hydrogen-bond acceptors (Lipinski definition) is 2. The number of halogens is 5. The average Bonchev–Trinajstić information content (AvgIpc) is 2.35. The Morgan fingerprint density at radius 2 is 1.70 bits per heavy atom. The minimum Gasteiger partial charge on any atom is -0.380 e. The van der Waals surface area contributed by atoms with Gasteiger partial charge in [-0.05, 0) is 30.5 Å². The quantitative estimate of drug-likeness (QED) is 0.848. The Labute approximate surface area is 112 Å². The van der Waals surface area contributed by atoms with Crippen molar-refractivity contribution in [3.8, 4) is 0 Å². The van der Waals surface area contributed by atoms with Gasteiger partial charge in [0.1, 0.15) is 0 Å². The molecule has 1 aromatic rings. The van der Waals surface area contributed by atoms with Gasteiger partial charge >= 0.3 is 6.18 Å². The molecule has 0 unspecified atom stereocenters. The van der Waals surface area contributed by atoms with Crippen LogP contribution in [-0.2, 0) is 6.54 Å². The number of piperidine rings is 1. The molecule has 1 aliphatic rings. The molecule has 7 heteroatoms. The largest absolute Gasteiger partial charge is 0.417 e. The Morgan fingerprint density at radius 3 is 2.20 bits per heavy atom. The monoisotopic (exact) mass is 295 g/mol. The molecule has 0 radical (unpaired) electrons. The fourth-order valence-electron chi connectivity index (χ4n) is 2.26. The molecule has 20 heavy (non-hydrogen) atoms. The standard InChI is InChI=1S/C13H14F5NO/c14-10-2-1-9(7-11(10)15)8-19-5-3-12(20,4-6-19)13(16,17)18/h1-2,7,20H,3-6,8H2. The molecule has 0 aliphatic carbocycles. The Morgan fingerprint density at radius 1 is 1.10 bits per heavy atom. The van der Waals surface area contributed by atoms with Gasteiger partial charge in [0, 0.05) is 19.6 Å². The van der Waals surface area contributed by atoms with E-state index in [9.17, 15) is 27.1 Å². The van der Waals surface area contributed by atoms with Gasteiger partial charge in [-0.2, -0.15) is 13.2 Å². The van der Waals surface area contributed by atoms with Crippen molar-refractivity contribution in [3.05, 3.63) is 35.4 Å². The molecule has 1 heterocycles. The van der Waals surface area contributed by atoms with Crippen LogP contribution in [0.25, 0.3) is 0 Å². The van der Waals surface area contributed by atoms with Gasteiger partial charge in [-0.15, -0.1) is 0 Å². The summed E-state index contributed by atoms with van der Waals surface area (Å²) in [5.74, 6) is -1.94. The minimum absolute atomic E-state index is 0.0506. The summed E-state index contributed by atoms with van der Waals surface area (Å²) in [7, 11) is 0. The van der Waals surface area contributed by atoms with E-state index in [0.717, 1.165) is 12.1 Å². The highest BCUT2D eigenvalue weighted by atomic mass is 19.4. The second-order valence-electron chi connectivity index (χ2n) is 5.05. The smallest absolute Gasteiger partial charge is 0.380 e. The van der Waals surface area contributed by atoms with Crippen LogP contribution in [0.1, 0.15) is 18.4 Å². The number of hydrogen-bond donors (Lipinski definition) is 1. The first-order valence-corrected chi connectivity index (χ1v) is 6.17. The zero-order valence-corrected chi connectivity index (χ0v) is 10.6. The van der Waals surface area contributed by atoms with E-state index >= 15 is 0 Å². The van der Waals surface area contributed by atoms with Gasteiger partial charge in [0.25, 0.3) is 0 Å². The van der Waals surface area contributed by atoms with Crippen LogP contribution in [-0.4, -0.2) is 34.9 Å². The summed E-state index contributed by atoms with van der Waals surface area (Å²) >= 11 is 0. The van der Waals surface area contributed by atoms with Crippen LogP contribution in [0.2, 0.25) is 0 Å².